The molecule has 1 aromatic rings. The zero-order valence-electron chi connectivity index (χ0n) is 15.7. The van der Waals surface area contributed by atoms with Crippen LogP contribution in [-0.4, -0.2) is 62.7 Å². The fourth-order valence-corrected chi connectivity index (χ4v) is 4.72. The zero-order chi connectivity index (χ0) is 18.1. The number of nitrogens with zero attached hydrogens (tertiary/aromatic N) is 2. The Morgan fingerprint density at radius 1 is 1.04 bits per heavy atom. The molecule has 2 fully saturated rings. The van der Waals surface area contributed by atoms with E-state index in [1.165, 1.54) is 19.4 Å². The number of benzene rings is 1. The second kappa shape index (κ2) is 7.31. The highest BCUT2D eigenvalue weighted by atomic mass is 16.5. The molecule has 5 nitrogen and oxygen atoms in total. The lowest BCUT2D eigenvalue weighted by atomic mass is 9.93. The van der Waals surface area contributed by atoms with Crippen LogP contribution in [0.5, 0.6) is 11.5 Å². The number of fused-ring (bicyclic) bond motifs is 2. The Kier molecular flexibility index (Phi) is 4.90. The van der Waals surface area contributed by atoms with Crippen LogP contribution >= 0.6 is 0 Å². The number of rotatable bonds is 5. The fraction of sp³-hybridized carbons (Fsp3) is 0.571. The molecule has 2 aliphatic carbocycles. The maximum absolute atomic E-state index is 12.8. The summed E-state index contributed by atoms with van der Waals surface area (Å²) in [5.74, 6) is 3.77. The first-order valence-electron chi connectivity index (χ1n) is 9.60. The topological polar surface area (TPSA) is 42.0 Å². The summed E-state index contributed by atoms with van der Waals surface area (Å²) in [7, 11) is 3.19. The number of piperazine rings is 1. The first-order chi connectivity index (χ1) is 12.7. The Hall–Kier alpha value is -2.01. The van der Waals surface area contributed by atoms with Gasteiger partial charge in [0.2, 0.25) is 0 Å². The summed E-state index contributed by atoms with van der Waals surface area (Å²) in [4.78, 5) is 17.3. The van der Waals surface area contributed by atoms with E-state index in [0.29, 0.717) is 17.1 Å². The van der Waals surface area contributed by atoms with Gasteiger partial charge in [-0.2, -0.15) is 0 Å². The summed E-state index contributed by atoms with van der Waals surface area (Å²) in [5.41, 5.74) is 0.661. The molecule has 1 aliphatic heterocycles. The molecule has 1 saturated carbocycles. The number of carbonyl (C=O) groups is 1. The van der Waals surface area contributed by atoms with Gasteiger partial charge in [-0.15, -0.1) is 0 Å². The third-order valence-corrected chi connectivity index (χ3v) is 6.20. The van der Waals surface area contributed by atoms with Crippen molar-refractivity contribution in [3.63, 3.8) is 0 Å². The molecule has 3 aliphatic rings. The van der Waals surface area contributed by atoms with E-state index in [-0.39, 0.29) is 5.91 Å². The molecule has 5 heteroatoms. The minimum atomic E-state index is 0.0773. The first kappa shape index (κ1) is 17.4. The molecule has 3 atom stereocenters. The average molecular weight is 356 g/mol. The van der Waals surface area contributed by atoms with Gasteiger partial charge in [-0.1, -0.05) is 12.2 Å². The fourth-order valence-electron chi connectivity index (χ4n) is 4.72. The molecule has 140 valence electrons. The average Bonchev–Trinajstić information content (AvgIpc) is 3.30. The monoisotopic (exact) mass is 356 g/mol. The van der Waals surface area contributed by atoms with E-state index in [1.54, 1.807) is 26.4 Å². The van der Waals surface area contributed by atoms with Gasteiger partial charge in [0.05, 0.1) is 14.2 Å². The Bertz CT molecular complexity index is 694. The van der Waals surface area contributed by atoms with Gasteiger partial charge in [-0.25, -0.2) is 0 Å². The Morgan fingerprint density at radius 2 is 1.81 bits per heavy atom. The van der Waals surface area contributed by atoms with Crippen LogP contribution in [0.3, 0.4) is 0 Å². The number of hydrogen-bond acceptors (Lipinski definition) is 4. The molecule has 26 heavy (non-hydrogen) atoms. The third-order valence-electron chi connectivity index (χ3n) is 6.20. The van der Waals surface area contributed by atoms with Gasteiger partial charge in [0.1, 0.15) is 0 Å². The van der Waals surface area contributed by atoms with Crippen LogP contribution < -0.4 is 9.47 Å². The van der Waals surface area contributed by atoms with Crippen LogP contribution in [0.4, 0.5) is 0 Å². The van der Waals surface area contributed by atoms with E-state index in [2.05, 4.69) is 17.1 Å². The quantitative estimate of drug-likeness (QED) is 0.761. The molecule has 1 saturated heterocycles. The SMILES string of the molecule is COc1ccc(C(=O)N2CCN(C[C@H]3C[C@H]4C=C[C@@H]3C4)CC2)cc1OC. The van der Waals surface area contributed by atoms with E-state index in [9.17, 15) is 4.79 Å². The minimum absolute atomic E-state index is 0.0773. The molecular weight excluding hydrogens is 328 g/mol. The van der Waals surface area contributed by atoms with Crippen LogP contribution in [0.15, 0.2) is 30.4 Å². The standard InChI is InChI=1S/C21H28N2O3/c1-25-19-6-5-17(13-20(19)26-2)21(24)23-9-7-22(8-10-23)14-18-12-15-3-4-16(18)11-15/h3-6,13,15-16,18H,7-12,14H2,1-2H3/t15-,16+,18+/m0/s1. The first-order valence-corrected chi connectivity index (χ1v) is 9.60. The number of methoxy groups -OCH3 is 2. The van der Waals surface area contributed by atoms with Crippen molar-refractivity contribution < 1.29 is 14.3 Å². The number of amides is 1. The van der Waals surface area contributed by atoms with E-state index in [1.807, 2.05) is 11.0 Å². The van der Waals surface area contributed by atoms with Gasteiger partial charge >= 0.3 is 0 Å². The van der Waals surface area contributed by atoms with Crippen molar-refractivity contribution in [3.05, 3.63) is 35.9 Å². The second-order valence-electron chi connectivity index (χ2n) is 7.70. The molecule has 2 bridgehead atoms. The van der Waals surface area contributed by atoms with E-state index >= 15 is 0 Å². The maximum Gasteiger partial charge on any atom is 0.254 e. The van der Waals surface area contributed by atoms with Crippen molar-refractivity contribution in [2.24, 2.45) is 17.8 Å². The van der Waals surface area contributed by atoms with E-state index < -0.39 is 0 Å². The molecule has 4 rings (SSSR count). The van der Waals surface area contributed by atoms with Crippen molar-refractivity contribution in [1.82, 2.24) is 9.80 Å². The van der Waals surface area contributed by atoms with Crippen molar-refractivity contribution >= 4 is 5.91 Å². The van der Waals surface area contributed by atoms with Gasteiger partial charge in [0, 0.05) is 38.3 Å². The normalized spacial score (nSPS) is 27.8. The van der Waals surface area contributed by atoms with Gasteiger partial charge in [0.15, 0.2) is 11.5 Å². The van der Waals surface area contributed by atoms with E-state index in [0.717, 1.165) is 43.9 Å². The number of hydrogen-bond donors (Lipinski definition) is 0. The lowest BCUT2D eigenvalue weighted by molar-refractivity contribution is 0.0610. The summed E-state index contributed by atoms with van der Waals surface area (Å²) in [6.07, 6.45) is 7.55. The summed E-state index contributed by atoms with van der Waals surface area (Å²) in [5, 5.41) is 0. The van der Waals surface area contributed by atoms with Crippen LogP contribution in [-0.2, 0) is 0 Å². The van der Waals surface area contributed by atoms with Gasteiger partial charge in [-0.3, -0.25) is 9.69 Å². The highest BCUT2D eigenvalue weighted by molar-refractivity contribution is 5.95. The molecule has 1 amide bonds. The predicted molar refractivity (Wildman–Crippen MR) is 101 cm³/mol. The van der Waals surface area contributed by atoms with Crippen molar-refractivity contribution in [2.45, 2.75) is 12.8 Å². The van der Waals surface area contributed by atoms with Gasteiger partial charge in [0.25, 0.3) is 5.91 Å². The van der Waals surface area contributed by atoms with Crippen molar-refractivity contribution in [1.29, 1.82) is 0 Å². The smallest absolute Gasteiger partial charge is 0.254 e. The summed E-state index contributed by atoms with van der Waals surface area (Å²) >= 11 is 0. The van der Waals surface area contributed by atoms with Crippen molar-refractivity contribution in [3.8, 4) is 11.5 Å². The number of allylic oxidation sites excluding steroid dienone is 2. The summed E-state index contributed by atoms with van der Waals surface area (Å²) in [6, 6.07) is 5.39. The van der Waals surface area contributed by atoms with Crippen LogP contribution in [0.25, 0.3) is 0 Å². The zero-order valence-corrected chi connectivity index (χ0v) is 15.7. The maximum atomic E-state index is 12.8. The third kappa shape index (κ3) is 3.32. The van der Waals surface area contributed by atoms with E-state index in [4.69, 9.17) is 9.47 Å². The summed E-state index contributed by atoms with van der Waals surface area (Å²) < 4.78 is 10.6. The van der Waals surface area contributed by atoms with Gasteiger partial charge < -0.3 is 14.4 Å². The van der Waals surface area contributed by atoms with Crippen molar-refractivity contribution in [2.75, 3.05) is 46.9 Å². The molecule has 0 unspecified atom stereocenters. The Balaban J connectivity index is 1.33. The Labute approximate surface area is 155 Å². The molecule has 0 spiro atoms. The van der Waals surface area contributed by atoms with Gasteiger partial charge in [-0.05, 0) is 48.8 Å². The lowest BCUT2D eigenvalue weighted by Gasteiger charge is -2.37. The lowest BCUT2D eigenvalue weighted by Crippen LogP contribution is -2.50. The largest absolute Gasteiger partial charge is 0.493 e. The van der Waals surface area contributed by atoms with Crippen LogP contribution in [0.2, 0.25) is 0 Å². The number of ether oxygens (including phenoxy) is 2. The minimum Gasteiger partial charge on any atom is -0.493 e. The molecular formula is C21H28N2O3. The molecule has 1 heterocycles. The highest BCUT2D eigenvalue weighted by Gasteiger charge is 2.36. The molecule has 0 radical (unpaired) electrons. The Morgan fingerprint density at radius 3 is 2.42 bits per heavy atom. The molecule has 0 N–H and O–H groups in total. The number of carbonyl (C=O) groups excluding carboxylic acids is 1. The molecule has 1 aromatic carbocycles. The molecule has 0 aromatic heterocycles. The predicted octanol–water partition coefficient (Wildman–Crippen LogP) is 2.67. The highest BCUT2D eigenvalue weighted by Crippen LogP contribution is 2.43. The second-order valence-corrected chi connectivity index (χ2v) is 7.70. The summed E-state index contributed by atoms with van der Waals surface area (Å²) in [6.45, 7) is 4.71. The van der Waals surface area contributed by atoms with Crippen LogP contribution in [0, 0.1) is 17.8 Å². The van der Waals surface area contributed by atoms with Crippen LogP contribution in [0.1, 0.15) is 23.2 Å².